The number of aryl methyl sites for hydroxylation is 1. The third-order valence-corrected chi connectivity index (χ3v) is 5.91. The van der Waals surface area contributed by atoms with Crippen LogP contribution in [0.4, 0.5) is 0 Å². The van der Waals surface area contributed by atoms with Crippen molar-refractivity contribution in [1.29, 1.82) is 0 Å². The molecule has 1 aromatic carbocycles. The van der Waals surface area contributed by atoms with Crippen molar-refractivity contribution in [2.45, 2.75) is 38.9 Å². The largest absolute Gasteiger partial charge is 0.333 e. The quantitative estimate of drug-likeness (QED) is 0.706. The molecule has 2 aromatic heterocycles. The van der Waals surface area contributed by atoms with Crippen molar-refractivity contribution >= 4 is 16.8 Å². The van der Waals surface area contributed by atoms with E-state index in [0.29, 0.717) is 6.54 Å². The molecule has 6 heteroatoms. The molecule has 4 heterocycles. The average Bonchev–Trinajstić information content (AvgIpc) is 3.32. The molecule has 144 valence electrons. The lowest BCUT2D eigenvalue weighted by atomic mass is 10.1. The van der Waals surface area contributed by atoms with E-state index in [9.17, 15) is 4.79 Å². The van der Waals surface area contributed by atoms with Gasteiger partial charge in [-0.1, -0.05) is 6.07 Å². The Morgan fingerprint density at radius 1 is 1.00 bits per heavy atom. The molecule has 0 unspecified atom stereocenters. The van der Waals surface area contributed by atoms with E-state index in [1.807, 2.05) is 41.6 Å². The number of carbonyl (C=O) groups excluding carboxylic acids is 1. The van der Waals surface area contributed by atoms with E-state index in [0.717, 1.165) is 61.3 Å². The molecule has 1 fully saturated rings. The Balaban J connectivity index is 1.40. The van der Waals surface area contributed by atoms with Gasteiger partial charge in [0.05, 0.1) is 29.8 Å². The van der Waals surface area contributed by atoms with E-state index >= 15 is 0 Å². The first kappa shape index (κ1) is 17.4. The summed E-state index contributed by atoms with van der Waals surface area (Å²) < 4.78 is 2.24. The van der Waals surface area contributed by atoms with E-state index in [1.54, 1.807) is 6.20 Å². The summed E-state index contributed by atoms with van der Waals surface area (Å²) in [4.78, 5) is 26.7. The van der Waals surface area contributed by atoms with Crippen LogP contribution in [0.3, 0.4) is 0 Å². The number of imidazole rings is 1. The summed E-state index contributed by atoms with van der Waals surface area (Å²) in [7, 11) is 0. The van der Waals surface area contributed by atoms with Gasteiger partial charge in [0.25, 0.3) is 5.91 Å². The van der Waals surface area contributed by atoms with Crippen LogP contribution in [0.2, 0.25) is 0 Å². The maximum absolute atomic E-state index is 13.2. The highest BCUT2D eigenvalue weighted by Crippen LogP contribution is 2.22. The summed E-state index contributed by atoms with van der Waals surface area (Å²) in [5.41, 5.74) is 3.97. The molecule has 1 saturated heterocycles. The van der Waals surface area contributed by atoms with Crippen LogP contribution < -0.4 is 0 Å². The van der Waals surface area contributed by atoms with Crippen LogP contribution in [0.5, 0.6) is 0 Å². The number of nitrogens with zero attached hydrogens (tertiary/aromatic N) is 5. The number of likely N-dealkylation sites (tertiary alicyclic amines) is 1. The van der Waals surface area contributed by atoms with Crippen molar-refractivity contribution in [2.24, 2.45) is 0 Å². The molecular formula is C22H25N5O. The maximum atomic E-state index is 13.2. The molecule has 2 aliphatic rings. The lowest BCUT2D eigenvalue weighted by Crippen LogP contribution is -2.31. The Kier molecular flexibility index (Phi) is 4.56. The minimum atomic E-state index is 0.0903. The fraction of sp³-hybridized carbons (Fsp3) is 0.409. The molecular weight excluding hydrogens is 350 g/mol. The highest BCUT2D eigenvalue weighted by Gasteiger charge is 2.24. The van der Waals surface area contributed by atoms with Crippen molar-refractivity contribution in [3.05, 3.63) is 59.8 Å². The zero-order chi connectivity index (χ0) is 18.9. The Labute approximate surface area is 164 Å². The Bertz CT molecular complexity index is 1010. The average molecular weight is 375 g/mol. The normalized spacial score (nSPS) is 17.6. The molecule has 0 aliphatic carbocycles. The zero-order valence-electron chi connectivity index (χ0n) is 16.0. The molecule has 0 saturated carbocycles. The van der Waals surface area contributed by atoms with Gasteiger partial charge >= 0.3 is 0 Å². The summed E-state index contributed by atoms with van der Waals surface area (Å²) in [6, 6.07) is 9.70. The third-order valence-electron chi connectivity index (χ3n) is 5.91. The van der Waals surface area contributed by atoms with E-state index in [-0.39, 0.29) is 5.91 Å². The van der Waals surface area contributed by atoms with Gasteiger partial charge in [-0.05, 0) is 56.6 Å². The lowest BCUT2D eigenvalue weighted by molar-refractivity contribution is 0.0745. The smallest absolute Gasteiger partial charge is 0.254 e. The fourth-order valence-electron chi connectivity index (χ4n) is 4.37. The molecule has 3 aromatic rings. The molecule has 0 bridgehead atoms. The highest BCUT2D eigenvalue weighted by molar-refractivity contribution is 5.97. The second-order valence-corrected chi connectivity index (χ2v) is 7.81. The number of rotatable bonds is 3. The first-order valence-corrected chi connectivity index (χ1v) is 10.2. The number of hydrogen-bond donors (Lipinski definition) is 0. The monoisotopic (exact) mass is 375 g/mol. The topological polar surface area (TPSA) is 54.3 Å². The predicted molar refractivity (Wildman–Crippen MR) is 108 cm³/mol. The maximum Gasteiger partial charge on any atom is 0.254 e. The molecule has 1 amide bonds. The number of benzene rings is 1. The number of hydrogen-bond acceptors (Lipinski definition) is 4. The van der Waals surface area contributed by atoms with Crippen molar-refractivity contribution in [3.8, 4) is 0 Å². The van der Waals surface area contributed by atoms with Gasteiger partial charge < -0.3 is 9.47 Å². The van der Waals surface area contributed by atoms with Gasteiger partial charge in [-0.2, -0.15) is 0 Å². The van der Waals surface area contributed by atoms with Gasteiger partial charge in [-0.25, -0.2) is 4.98 Å². The van der Waals surface area contributed by atoms with Crippen LogP contribution in [0.1, 0.15) is 41.0 Å². The third kappa shape index (κ3) is 3.29. The van der Waals surface area contributed by atoms with Gasteiger partial charge in [0.1, 0.15) is 0 Å². The second-order valence-electron chi connectivity index (χ2n) is 7.81. The van der Waals surface area contributed by atoms with Crippen LogP contribution >= 0.6 is 0 Å². The van der Waals surface area contributed by atoms with Crippen molar-refractivity contribution in [2.75, 3.05) is 19.6 Å². The number of carbonyl (C=O) groups is 1. The number of pyridine rings is 1. The fourth-order valence-corrected chi connectivity index (χ4v) is 4.37. The molecule has 5 rings (SSSR count). The van der Waals surface area contributed by atoms with E-state index < -0.39 is 0 Å². The molecule has 0 atom stereocenters. The minimum Gasteiger partial charge on any atom is -0.333 e. The molecule has 2 aliphatic heterocycles. The molecule has 6 nitrogen and oxygen atoms in total. The molecule has 0 spiro atoms. The summed E-state index contributed by atoms with van der Waals surface area (Å²) in [6.45, 7) is 5.53. The standard InChI is InChI=1S/C22H25N5O/c28-22(18-6-7-19-17(13-18)5-3-8-23-19)26-11-4-12-27-16-24-20(21(27)15-26)14-25-9-1-2-10-25/h3,5-8,13,16H,1-2,4,9-12,14-15H2. The Morgan fingerprint density at radius 3 is 2.79 bits per heavy atom. The van der Waals surface area contributed by atoms with Gasteiger partial charge in [0.2, 0.25) is 0 Å². The first-order chi connectivity index (χ1) is 13.8. The summed E-state index contributed by atoms with van der Waals surface area (Å²) in [6.07, 6.45) is 7.24. The highest BCUT2D eigenvalue weighted by atomic mass is 16.2. The van der Waals surface area contributed by atoms with Crippen LogP contribution in [0.15, 0.2) is 42.9 Å². The number of amides is 1. The van der Waals surface area contributed by atoms with Crippen LogP contribution in [-0.2, 0) is 19.6 Å². The van der Waals surface area contributed by atoms with Crippen molar-refractivity contribution < 1.29 is 4.79 Å². The minimum absolute atomic E-state index is 0.0903. The molecule has 0 radical (unpaired) electrons. The Hall–Kier alpha value is -2.73. The van der Waals surface area contributed by atoms with Gasteiger partial charge in [-0.3, -0.25) is 14.7 Å². The molecule has 0 N–H and O–H groups in total. The van der Waals surface area contributed by atoms with Crippen LogP contribution in [-0.4, -0.2) is 49.9 Å². The van der Waals surface area contributed by atoms with Crippen molar-refractivity contribution in [1.82, 2.24) is 24.3 Å². The van der Waals surface area contributed by atoms with Gasteiger partial charge in [0.15, 0.2) is 0 Å². The Morgan fingerprint density at radius 2 is 1.89 bits per heavy atom. The van der Waals surface area contributed by atoms with Crippen LogP contribution in [0.25, 0.3) is 10.9 Å². The van der Waals surface area contributed by atoms with Gasteiger partial charge in [-0.15, -0.1) is 0 Å². The first-order valence-electron chi connectivity index (χ1n) is 10.2. The van der Waals surface area contributed by atoms with E-state index in [2.05, 4.69) is 19.4 Å². The van der Waals surface area contributed by atoms with E-state index in [4.69, 9.17) is 0 Å². The van der Waals surface area contributed by atoms with Crippen LogP contribution in [0, 0.1) is 0 Å². The van der Waals surface area contributed by atoms with Crippen molar-refractivity contribution in [3.63, 3.8) is 0 Å². The molecule has 28 heavy (non-hydrogen) atoms. The van der Waals surface area contributed by atoms with Gasteiger partial charge in [0, 0.05) is 36.8 Å². The lowest BCUT2D eigenvalue weighted by Gasteiger charge is -2.22. The van der Waals surface area contributed by atoms with E-state index in [1.165, 1.54) is 18.5 Å². The SMILES string of the molecule is O=C(c1ccc2ncccc2c1)N1CCCn2cnc(CN3CCCC3)c2C1. The zero-order valence-corrected chi connectivity index (χ0v) is 16.0. The summed E-state index contributed by atoms with van der Waals surface area (Å²) in [5, 5.41) is 1.00. The number of aromatic nitrogens is 3. The summed E-state index contributed by atoms with van der Waals surface area (Å²) in [5.74, 6) is 0.0903. The number of fused-ring (bicyclic) bond motifs is 2. The summed E-state index contributed by atoms with van der Waals surface area (Å²) >= 11 is 0. The predicted octanol–water partition coefficient (Wildman–Crippen LogP) is 3.07. The second kappa shape index (κ2) is 7.36.